The van der Waals surface area contributed by atoms with Crippen molar-refractivity contribution in [1.29, 1.82) is 0 Å². The van der Waals surface area contributed by atoms with Gasteiger partial charge < -0.3 is 15.3 Å². The van der Waals surface area contributed by atoms with Crippen LogP contribution in [0.4, 0.5) is 0 Å². The molecule has 0 radical (unpaired) electrons. The van der Waals surface area contributed by atoms with Crippen molar-refractivity contribution in [3.63, 3.8) is 0 Å². The number of unbranched alkanes of at least 4 members (excludes halogenated alkanes) is 3. The minimum Gasteiger partial charge on any atom is -0.396 e. The van der Waals surface area contributed by atoms with E-state index in [4.69, 9.17) is 15.3 Å². The normalized spacial score (nSPS) is 7.88. The standard InChI is InChI=1S/3C4H10O.BH3/c3*1-2-3-4-5;/h3*5H,2-4H2,1H3;1H3. The van der Waals surface area contributed by atoms with Crippen molar-refractivity contribution < 1.29 is 15.3 Å². The molecule has 0 saturated carbocycles. The van der Waals surface area contributed by atoms with Crippen molar-refractivity contribution in [1.82, 2.24) is 0 Å². The lowest BCUT2D eigenvalue weighted by molar-refractivity contribution is 0.286. The molecule has 0 aliphatic carbocycles. The first kappa shape index (κ1) is 25.0. The van der Waals surface area contributed by atoms with Crippen LogP contribution < -0.4 is 0 Å². The Kier molecular flexibility index (Phi) is 56.7. The fraction of sp³-hybridized carbons (Fsp3) is 1.00. The van der Waals surface area contributed by atoms with Crippen LogP contribution in [0.2, 0.25) is 0 Å². The highest BCUT2D eigenvalue weighted by atomic mass is 16.3. The Morgan fingerprint density at radius 1 is 0.562 bits per heavy atom. The summed E-state index contributed by atoms with van der Waals surface area (Å²) < 4.78 is 0. The van der Waals surface area contributed by atoms with Crippen molar-refractivity contribution in [3.05, 3.63) is 0 Å². The van der Waals surface area contributed by atoms with E-state index in [0.717, 1.165) is 38.5 Å². The molecule has 0 aromatic carbocycles. The second-order valence-corrected chi connectivity index (χ2v) is 3.23. The molecule has 0 heterocycles. The lowest BCUT2D eigenvalue weighted by Crippen LogP contribution is -1.75. The average Bonchev–Trinajstić information content (AvgIpc) is 2.23. The molecule has 4 heteroatoms. The van der Waals surface area contributed by atoms with Gasteiger partial charge in [0, 0.05) is 19.8 Å². The van der Waals surface area contributed by atoms with E-state index >= 15 is 0 Å². The van der Waals surface area contributed by atoms with E-state index in [1.807, 2.05) is 0 Å². The average molecular weight is 236 g/mol. The Morgan fingerprint density at radius 3 is 0.750 bits per heavy atom. The maximum atomic E-state index is 8.07. The van der Waals surface area contributed by atoms with Gasteiger partial charge in [-0.2, -0.15) is 0 Å². The largest absolute Gasteiger partial charge is 0.396 e. The smallest absolute Gasteiger partial charge is 0.0814 e. The van der Waals surface area contributed by atoms with E-state index in [0.29, 0.717) is 19.8 Å². The van der Waals surface area contributed by atoms with Crippen molar-refractivity contribution in [2.45, 2.75) is 59.3 Å². The van der Waals surface area contributed by atoms with Gasteiger partial charge in [0.15, 0.2) is 0 Å². The highest BCUT2D eigenvalue weighted by Crippen LogP contribution is 1.79. The molecule has 0 amide bonds. The summed E-state index contributed by atoms with van der Waals surface area (Å²) in [7, 11) is 0. The lowest BCUT2D eigenvalue weighted by atomic mass is 10.4. The highest BCUT2D eigenvalue weighted by Gasteiger charge is 1.70. The van der Waals surface area contributed by atoms with Crippen LogP contribution in [0.3, 0.4) is 0 Å². The lowest BCUT2D eigenvalue weighted by Gasteiger charge is -1.79. The molecule has 0 fully saturated rings. The van der Waals surface area contributed by atoms with Crippen LogP contribution in [0, 0.1) is 0 Å². The van der Waals surface area contributed by atoms with Crippen molar-refractivity contribution in [3.8, 4) is 0 Å². The van der Waals surface area contributed by atoms with Gasteiger partial charge in [0.05, 0.1) is 8.41 Å². The first-order valence-corrected chi connectivity index (χ1v) is 6.07. The minimum absolute atomic E-state index is 0. The van der Waals surface area contributed by atoms with E-state index in [-0.39, 0.29) is 8.41 Å². The Morgan fingerprint density at radius 2 is 0.750 bits per heavy atom. The van der Waals surface area contributed by atoms with Crippen LogP contribution in [0.1, 0.15) is 59.3 Å². The summed E-state index contributed by atoms with van der Waals surface area (Å²) in [5.74, 6) is 0. The van der Waals surface area contributed by atoms with E-state index < -0.39 is 0 Å². The second kappa shape index (κ2) is 36.3. The fourth-order valence-corrected chi connectivity index (χ4v) is 0.474. The van der Waals surface area contributed by atoms with E-state index in [1.165, 1.54) is 0 Å². The maximum Gasteiger partial charge on any atom is 0.0814 e. The van der Waals surface area contributed by atoms with E-state index in [2.05, 4.69) is 20.8 Å². The molecular weight excluding hydrogens is 203 g/mol. The minimum atomic E-state index is 0. The SMILES string of the molecule is B.CCCCO.CCCCO.CCCCO. The third-order valence-corrected chi connectivity index (χ3v) is 1.54. The van der Waals surface area contributed by atoms with Gasteiger partial charge in [-0.25, -0.2) is 0 Å². The van der Waals surface area contributed by atoms with Gasteiger partial charge in [0.25, 0.3) is 0 Å². The van der Waals surface area contributed by atoms with Gasteiger partial charge in [-0.1, -0.05) is 40.0 Å². The highest BCUT2D eigenvalue weighted by molar-refractivity contribution is 5.75. The van der Waals surface area contributed by atoms with E-state index in [1.54, 1.807) is 0 Å². The predicted molar refractivity (Wildman–Crippen MR) is 75.9 cm³/mol. The summed E-state index contributed by atoms with van der Waals surface area (Å²) in [5, 5.41) is 24.2. The molecule has 3 N–H and O–H groups in total. The van der Waals surface area contributed by atoms with Crippen LogP contribution >= 0.6 is 0 Å². The van der Waals surface area contributed by atoms with Crippen LogP contribution in [-0.4, -0.2) is 43.6 Å². The van der Waals surface area contributed by atoms with Gasteiger partial charge in [0.2, 0.25) is 0 Å². The van der Waals surface area contributed by atoms with Gasteiger partial charge in [-0.05, 0) is 19.3 Å². The summed E-state index contributed by atoms with van der Waals surface area (Å²) in [6.07, 6.45) is 6.11. The molecule has 0 rings (SSSR count). The Bertz CT molecular complexity index is 53.0. The molecule has 3 nitrogen and oxygen atoms in total. The van der Waals surface area contributed by atoms with Crippen molar-refractivity contribution in [2.24, 2.45) is 0 Å². The summed E-state index contributed by atoms with van der Waals surface area (Å²) >= 11 is 0. The maximum absolute atomic E-state index is 8.07. The van der Waals surface area contributed by atoms with Gasteiger partial charge >= 0.3 is 0 Å². The van der Waals surface area contributed by atoms with Crippen LogP contribution in [0.5, 0.6) is 0 Å². The van der Waals surface area contributed by atoms with Crippen LogP contribution in [-0.2, 0) is 0 Å². The zero-order valence-electron chi connectivity index (χ0n) is 10.7. The number of hydrogen-bond donors (Lipinski definition) is 3. The number of aliphatic hydroxyl groups is 3. The Hall–Kier alpha value is -0.0551. The zero-order valence-corrected chi connectivity index (χ0v) is 10.7. The molecule has 0 bridgehead atoms. The quantitative estimate of drug-likeness (QED) is 0.606. The zero-order chi connectivity index (χ0) is 12.4. The topological polar surface area (TPSA) is 60.7 Å². The third-order valence-electron chi connectivity index (χ3n) is 1.54. The van der Waals surface area contributed by atoms with Gasteiger partial charge in [-0.15, -0.1) is 0 Å². The van der Waals surface area contributed by atoms with Crippen LogP contribution in [0.25, 0.3) is 0 Å². The molecule has 0 aromatic heterocycles. The molecule has 0 spiro atoms. The molecule has 0 aliphatic rings. The van der Waals surface area contributed by atoms with Crippen molar-refractivity contribution in [2.75, 3.05) is 19.8 Å². The summed E-state index contributed by atoms with van der Waals surface area (Å²) in [5.41, 5.74) is 0. The predicted octanol–water partition coefficient (Wildman–Crippen LogP) is 1.15. The summed E-state index contributed by atoms with van der Waals surface area (Å²) in [6, 6.07) is 0. The first-order valence-electron chi connectivity index (χ1n) is 6.07. The van der Waals surface area contributed by atoms with Crippen LogP contribution in [0.15, 0.2) is 0 Å². The molecule has 0 aromatic rings. The van der Waals surface area contributed by atoms with Gasteiger partial charge in [-0.3, -0.25) is 0 Å². The molecule has 0 atom stereocenters. The molecular formula is C12H33BO3. The first-order chi connectivity index (χ1) is 7.24. The molecule has 0 saturated heterocycles. The second-order valence-electron chi connectivity index (χ2n) is 3.23. The summed E-state index contributed by atoms with van der Waals surface area (Å²) in [4.78, 5) is 0. The number of hydrogen-bond acceptors (Lipinski definition) is 3. The number of rotatable bonds is 6. The van der Waals surface area contributed by atoms with E-state index in [9.17, 15) is 0 Å². The third kappa shape index (κ3) is 66.1. The monoisotopic (exact) mass is 236 g/mol. The van der Waals surface area contributed by atoms with Crippen molar-refractivity contribution >= 4 is 8.41 Å². The molecule has 0 aliphatic heterocycles. The molecule has 16 heavy (non-hydrogen) atoms. The fourth-order valence-electron chi connectivity index (χ4n) is 0.474. The molecule has 0 unspecified atom stereocenters. The molecule has 102 valence electrons. The Balaban J connectivity index is -0.0000000655. The number of aliphatic hydroxyl groups excluding tert-OH is 3. The van der Waals surface area contributed by atoms with Gasteiger partial charge in [0.1, 0.15) is 0 Å². The summed E-state index contributed by atoms with van der Waals surface area (Å²) in [6.45, 7) is 7.19. The Labute approximate surface area is 103 Å².